The Morgan fingerprint density at radius 3 is 2.42 bits per heavy atom. The van der Waals surface area contributed by atoms with Crippen molar-refractivity contribution in [3.05, 3.63) is 62.9 Å². The lowest BCUT2D eigenvalue weighted by atomic mass is 10.0. The maximum absolute atomic E-state index is 14.5. The number of amides is 1. The molecule has 2 aromatic carbocycles. The summed E-state index contributed by atoms with van der Waals surface area (Å²) in [5.74, 6) is -0.886. The van der Waals surface area contributed by atoms with E-state index >= 15 is 0 Å². The Labute approximate surface area is 190 Å². The predicted molar refractivity (Wildman–Crippen MR) is 116 cm³/mol. The molecule has 0 radical (unpaired) electrons. The van der Waals surface area contributed by atoms with Gasteiger partial charge in [-0.2, -0.15) is 0 Å². The number of carbonyl (C=O) groups excluding carboxylic acids is 2. The van der Waals surface area contributed by atoms with Crippen LogP contribution >= 0.6 is 23.2 Å². The Hall–Kier alpha value is -2.31. The van der Waals surface area contributed by atoms with E-state index in [0.29, 0.717) is 34.4 Å². The molecule has 0 spiro atoms. The van der Waals surface area contributed by atoms with E-state index < -0.39 is 11.8 Å². The van der Waals surface area contributed by atoms with Crippen molar-refractivity contribution in [1.29, 1.82) is 0 Å². The number of ether oxygens (including phenoxy) is 2. The van der Waals surface area contributed by atoms with Crippen molar-refractivity contribution >= 4 is 35.1 Å². The van der Waals surface area contributed by atoms with Gasteiger partial charge in [-0.25, -0.2) is 9.18 Å². The van der Waals surface area contributed by atoms with Crippen molar-refractivity contribution in [2.24, 2.45) is 0 Å². The Bertz CT molecular complexity index is 1000. The molecule has 1 amide bonds. The number of piperidine rings is 1. The van der Waals surface area contributed by atoms with Gasteiger partial charge in [-0.05, 0) is 61.4 Å². The second kappa shape index (κ2) is 9.05. The minimum Gasteiger partial charge on any atom is -0.488 e. The number of benzene rings is 2. The normalized spacial score (nSPS) is 18.6. The highest BCUT2D eigenvalue weighted by molar-refractivity contribution is 6.35. The van der Waals surface area contributed by atoms with E-state index in [-0.39, 0.29) is 23.5 Å². The van der Waals surface area contributed by atoms with Gasteiger partial charge in [-0.1, -0.05) is 23.2 Å². The third kappa shape index (κ3) is 4.96. The number of carbonyl (C=O) groups is 2. The van der Waals surface area contributed by atoms with Gasteiger partial charge < -0.3 is 14.4 Å². The number of nitrogens with zero attached hydrogens (tertiary/aromatic N) is 1. The molecule has 4 rings (SSSR count). The van der Waals surface area contributed by atoms with Crippen LogP contribution in [0.1, 0.15) is 57.9 Å². The molecule has 1 aliphatic heterocycles. The van der Waals surface area contributed by atoms with Crippen LogP contribution in [0, 0.1) is 5.82 Å². The fourth-order valence-electron chi connectivity index (χ4n) is 3.91. The van der Waals surface area contributed by atoms with Crippen LogP contribution in [0.25, 0.3) is 0 Å². The van der Waals surface area contributed by atoms with E-state index in [1.165, 1.54) is 19.2 Å². The molecule has 2 aromatic rings. The molecule has 1 saturated heterocycles. The number of methoxy groups -OCH3 is 1. The first kappa shape index (κ1) is 21.9. The van der Waals surface area contributed by atoms with Crippen molar-refractivity contribution in [2.45, 2.75) is 37.7 Å². The van der Waals surface area contributed by atoms with Gasteiger partial charge in [0.1, 0.15) is 17.7 Å². The first-order valence-corrected chi connectivity index (χ1v) is 10.9. The van der Waals surface area contributed by atoms with E-state index in [0.717, 1.165) is 31.2 Å². The number of esters is 1. The summed E-state index contributed by atoms with van der Waals surface area (Å²) in [6.45, 7) is 0.960. The topological polar surface area (TPSA) is 55.8 Å². The van der Waals surface area contributed by atoms with Gasteiger partial charge in [0.05, 0.1) is 19.2 Å². The number of hydrogen-bond donors (Lipinski definition) is 0. The average molecular weight is 466 g/mol. The van der Waals surface area contributed by atoms with Gasteiger partial charge in [0.25, 0.3) is 5.91 Å². The van der Waals surface area contributed by atoms with Crippen molar-refractivity contribution < 1.29 is 23.5 Å². The molecular formula is C23H22Cl2FNO4. The summed E-state index contributed by atoms with van der Waals surface area (Å²) >= 11 is 12.1. The Balaban J connectivity index is 1.52. The van der Waals surface area contributed by atoms with Crippen LogP contribution in [-0.4, -0.2) is 43.1 Å². The van der Waals surface area contributed by atoms with Crippen molar-refractivity contribution in [1.82, 2.24) is 4.90 Å². The zero-order valence-corrected chi connectivity index (χ0v) is 18.5. The van der Waals surface area contributed by atoms with Crippen LogP contribution < -0.4 is 4.74 Å². The van der Waals surface area contributed by atoms with Crippen LogP contribution in [0.15, 0.2) is 30.3 Å². The fraction of sp³-hybridized carbons (Fsp3) is 0.391. The van der Waals surface area contributed by atoms with E-state index in [1.54, 1.807) is 23.1 Å². The molecular weight excluding hydrogens is 444 g/mol. The second-order valence-corrected chi connectivity index (χ2v) is 8.80. The Kier molecular flexibility index (Phi) is 6.39. The maximum Gasteiger partial charge on any atom is 0.340 e. The highest BCUT2D eigenvalue weighted by Crippen LogP contribution is 2.45. The minimum atomic E-state index is -0.708. The smallest absolute Gasteiger partial charge is 0.340 e. The molecule has 0 unspecified atom stereocenters. The molecule has 1 aliphatic carbocycles. The molecule has 0 aromatic heterocycles. The van der Waals surface area contributed by atoms with Crippen molar-refractivity contribution in [2.75, 3.05) is 20.2 Å². The summed E-state index contributed by atoms with van der Waals surface area (Å²) < 4.78 is 25.4. The quantitative estimate of drug-likeness (QED) is 0.548. The minimum absolute atomic E-state index is 0.0879. The number of likely N-dealkylation sites (tertiary alicyclic amines) is 1. The molecule has 31 heavy (non-hydrogen) atoms. The Morgan fingerprint density at radius 2 is 1.77 bits per heavy atom. The molecule has 0 N–H and O–H groups in total. The number of rotatable bonds is 5. The molecule has 5 nitrogen and oxygen atoms in total. The molecule has 1 heterocycles. The summed E-state index contributed by atoms with van der Waals surface area (Å²) in [7, 11) is 1.23. The van der Waals surface area contributed by atoms with Crippen LogP contribution in [-0.2, 0) is 4.74 Å². The van der Waals surface area contributed by atoms with Crippen LogP contribution in [0.4, 0.5) is 4.39 Å². The van der Waals surface area contributed by atoms with Crippen LogP contribution in [0.3, 0.4) is 0 Å². The molecule has 2 fully saturated rings. The van der Waals surface area contributed by atoms with Gasteiger partial charge in [0.15, 0.2) is 0 Å². The van der Waals surface area contributed by atoms with E-state index in [4.69, 9.17) is 27.9 Å². The molecule has 8 heteroatoms. The van der Waals surface area contributed by atoms with Gasteiger partial charge in [-0.3, -0.25) is 4.79 Å². The molecule has 2 aliphatic rings. The van der Waals surface area contributed by atoms with E-state index in [2.05, 4.69) is 4.74 Å². The standard InChI is InChI=1S/C23H22Cl2FNO4/c1-30-23(29)19-10-18(13-4-5-13)21(11-20(19)26)31-17-3-2-6-27(12-17)22(28)14-7-15(24)9-16(25)8-14/h7-11,13,17H,2-6,12H2,1H3/t17-/m1/s1. The molecule has 1 saturated carbocycles. The summed E-state index contributed by atoms with van der Waals surface area (Å²) in [6, 6.07) is 7.55. The Morgan fingerprint density at radius 1 is 1.06 bits per heavy atom. The third-order valence-corrected chi connectivity index (χ3v) is 6.03. The SMILES string of the molecule is COC(=O)c1cc(C2CC2)c(O[C@@H]2CCCN(C(=O)c3cc(Cl)cc(Cl)c3)C2)cc1F. The summed E-state index contributed by atoms with van der Waals surface area (Å²) in [6.07, 6.45) is 3.14. The number of hydrogen-bond acceptors (Lipinski definition) is 4. The van der Waals surface area contributed by atoms with Gasteiger partial charge in [0, 0.05) is 28.2 Å². The second-order valence-electron chi connectivity index (χ2n) is 7.93. The lowest BCUT2D eigenvalue weighted by Gasteiger charge is -2.33. The summed E-state index contributed by atoms with van der Waals surface area (Å²) in [5, 5.41) is 0.798. The average Bonchev–Trinajstić information content (AvgIpc) is 3.57. The largest absolute Gasteiger partial charge is 0.488 e. The highest BCUT2D eigenvalue weighted by Gasteiger charge is 2.32. The van der Waals surface area contributed by atoms with E-state index in [9.17, 15) is 14.0 Å². The zero-order valence-electron chi connectivity index (χ0n) is 17.0. The first-order chi connectivity index (χ1) is 14.9. The van der Waals surface area contributed by atoms with Gasteiger partial charge >= 0.3 is 5.97 Å². The number of halogens is 3. The highest BCUT2D eigenvalue weighted by atomic mass is 35.5. The fourth-order valence-corrected chi connectivity index (χ4v) is 4.44. The van der Waals surface area contributed by atoms with Crippen LogP contribution in [0.5, 0.6) is 5.75 Å². The van der Waals surface area contributed by atoms with Crippen molar-refractivity contribution in [3.63, 3.8) is 0 Å². The molecule has 164 valence electrons. The van der Waals surface area contributed by atoms with Gasteiger partial charge in [-0.15, -0.1) is 0 Å². The summed E-state index contributed by atoms with van der Waals surface area (Å²) in [4.78, 5) is 26.5. The van der Waals surface area contributed by atoms with Gasteiger partial charge in [0.2, 0.25) is 0 Å². The predicted octanol–water partition coefficient (Wildman–Crippen LogP) is 5.48. The zero-order chi connectivity index (χ0) is 22.1. The monoisotopic (exact) mass is 465 g/mol. The lowest BCUT2D eigenvalue weighted by Crippen LogP contribution is -2.44. The van der Waals surface area contributed by atoms with E-state index in [1.807, 2.05) is 0 Å². The third-order valence-electron chi connectivity index (χ3n) is 5.59. The first-order valence-electron chi connectivity index (χ1n) is 10.2. The van der Waals surface area contributed by atoms with Crippen LogP contribution in [0.2, 0.25) is 10.0 Å². The van der Waals surface area contributed by atoms with Crippen molar-refractivity contribution in [3.8, 4) is 5.75 Å². The molecule has 1 atom stereocenters. The maximum atomic E-state index is 14.5. The summed E-state index contributed by atoms with van der Waals surface area (Å²) in [5.41, 5.74) is 1.15. The molecule has 0 bridgehead atoms. The lowest BCUT2D eigenvalue weighted by molar-refractivity contribution is 0.0532.